The molecule has 2 rings (SSSR count). The number of rotatable bonds is 6. The van der Waals surface area contributed by atoms with Crippen LogP contribution < -0.4 is 0 Å². The molecule has 18 heavy (non-hydrogen) atoms. The zero-order valence-electron chi connectivity index (χ0n) is 10.9. The largest absolute Gasteiger partial charge is 0.481 e. The maximum absolute atomic E-state index is 11.4. The Morgan fingerprint density at radius 2 is 2.28 bits per heavy atom. The molecule has 1 fully saturated rings. The monoisotopic (exact) mass is 251 g/mol. The molecule has 0 radical (unpaired) electrons. The van der Waals surface area contributed by atoms with Crippen molar-refractivity contribution < 1.29 is 9.90 Å². The molecule has 1 heterocycles. The van der Waals surface area contributed by atoms with Gasteiger partial charge in [0.05, 0.1) is 5.92 Å². The molecule has 5 nitrogen and oxygen atoms in total. The van der Waals surface area contributed by atoms with E-state index in [9.17, 15) is 9.90 Å². The van der Waals surface area contributed by atoms with Crippen molar-refractivity contribution in [2.75, 3.05) is 0 Å². The number of nitrogens with zero attached hydrogens (tertiary/aromatic N) is 3. The Labute approximate surface area is 107 Å². The third-order valence-corrected chi connectivity index (χ3v) is 3.82. The molecule has 1 aliphatic rings. The van der Waals surface area contributed by atoms with Gasteiger partial charge < -0.3 is 5.11 Å². The summed E-state index contributed by atoms with van der Waals surface area (Å²) < 4.78 is 1.84. The van der Waals surface area contributed by atoms with Crippen LogP contribution >= 0.6 is 0 Å². The van der Waals surface area contributed by atoms with Gasteiger partial charge in [-0.1, -0.05) is 19.8 Å². The summed E-state index contributed by atoms with van der Waals surface area (Å²) in [5.41, 5.74) is 0. The van der Waals surface area contributed by atoms with Gasteiger partial charge in [0.2, 0.25) is 0 Å². The lowest BCUT2D eigenvalue weighted by Gasteiger charge is -2.18. The summed E-state index contributed by atoms with van der Waals surface area (Å²) in [5, 5.41) is 13.6. The first-order chi connectivity index (χ1) is 8.72. The highest BCUT2D eigenvalue weighted by molar-refractivity contribution is 5.70. The van der Waals surface area contributed by atoms with Crippen LogP contribution in [0.3, 0.4) is 0 Å². The minimum Gasteiger partial charge on any atom is -0.481 e. The van der Waals surface area contributed by atoms with Crippen molar-refractivity contribution in [3.63, 3.8) is 0 Å². The first-order valence-electron chi connectivity index (χ1n) is 6.81. The number of carbonyl (C=O) groups is 1. The molecule has 1 N–H and O–H groups in total. The van der Waals surface area contributed by atoms with Crippen LogP contribution in [0.15, 0.2) is 6.33 Å². The van der Waals surface area contributed by atoms with E-state index in [0.717, 1.165) is 44.5 Å². The smallest absolute Gasteiger partial charge is 0.307 e. The van der Waals surface area contributed by atoms with Crippen LogP contribution in [0.2, 0.25) is 0 Å². The molecular formula is C13H21N3O2. The summed E-state index contributed by atoms with van der Waals surface area (Å²) in [6.45, 7) is 2.89. The van der Waals surface area contributed by atoms with Gasteiger partial charge in [-0.15, -0.1) is 0 Å². The van der Waals surface area contributed by atoms with Crippen LogP contribution in [-0.2, 0) is 17.8 Å². The average molecular weight is 251 g/mol. The van der Waals surface area contributed by atoms with E-state index in [-0.39, 0.29) is 5.92 Å². The molecule has 1 atom stereocenters. The summed E-state index contributed by atoms with van der Waals surface area (Å²) in [7, 11) is 0. The van der Waals surface area contributed by atoms with E-state index >= 15 is 0 Å². The SMILES string of the molecule is CCCn1ncnc1CC(C(=O)O)C1CCCC1. The van der Waals surface area contributed by atoms with Crippen molar-refractivity contribution in [3.05, 3.63) is 12.2 Å². The van der Waals surface area contributed by atoms with Crippen LogP contribution in [0.5, 0.6) is 0 Å². The Bertz CT molecular complexity index is 397. The number of aliphatic carboxylic acids is 1. The second-order valence-electron chi connectivity index (χ2n) is 5.09. The van der Waals surface area contributed by atoms with Crippen molar-refractivity contribution in [2.24, 2.45) is 11.8 Å². The Morgan fingerprint density at radius 1 is 1.56 bits per heavy atom. The lowest BCUT2D eigenvalue weighted by molar-refractivity contribution is -0.143. The van der Waals surface area contributed by atoms with Gasteiger partial charge in [0.25, 0.3) is 0 Å². The van der Waals surface area contributed by atoms with E-state index in [2.05, 4.69) is 17.0 Å². The summed E-state index contributed by atoms with van der Waals surface area (Å²) in [4.78, 5) is 15.6. The third kappa shape index (κ3) is 2.89. The van der Waals surface area contributed by atoms with Gasteiger partial charge in [-0.05, 0) is 25.2 Å². The molecule has 0 aromatic carbocycles. The number of carboxylic acids is 1. The molecule has 1 unspecified atom stereocenters. The fraction of sp³-hybridized carbons (Fsp3) is 0.769. The lowest BCUT2D eigenvalue weighted by Crippen LogP contribution is -2.25. The fourth-order valence-electron chi connectivity index (χ4n) is 2.86. The molecule has 0 bridgehead atoms. The maximum Gasteiger partial charge on any atom is 0.307 e. The van der Waals surface area contributed by atoms with Gasteiger partial charge in [-0.3, -0.25) is 9.48 Å². The topological polar surface area (TPSA) is 68.0 Å². The van der Waals surface area contributed by atoms with E-state index in [0.29, 0.717) is 12.3 Å². The molecule has 1 saturated carbocycles. The maximum atomic E-state index is 11.4. The zero-order valence-corrected chi connectivity index (χ0v) is 10.9. The van der Waals surface area contributed by atoms with Gasteiger partial charge in [0.15, 0.2) is 0 Å². The first kappa shape index (κ1) is 13.1. The number of hydrogen-bond acceptors (Lipinski definition) is 3. The molecule has 0 aliphatic heterocycles. The van der Waals surface area contributed by atoms with Gasteiger partial charge in [0, 0.05) is 13.0 Å². The molecule has 0 spiro atoms. The second-order valence-corrected chi connectivity index (χ2v) is 5.09. The molecule has 1 aliphatic carbocycles. The van der Waals surface area contributed by atoms with E-state index < -0.39 is 5.97 Å². The summed E-state index contributed by atoms with van der Waals surface area (Å²) in [5.74, 6) is 0.144. The lowest BCUT2D eigenvalue weighted by atomic mass is 9.88. The number of carboxylic acid groups (broad SMARTS) is 1. The van der Waals surface area contributed by atoms with Crippen LogP contribution in [0.25, 0.3) is 0 Å². The van der Waals surface area contributed by atoms with Crippen LogP contribution in [0.1, 0.15) is 44.9 Å². The normalized spacial score (nSPS) is 18.1. The highest BCUT2D eigenvalue weighted by Crippen LogP contribution is 2.33. The molecule has 100 valence electrons. The Morgan fingerprint density at radius 3 is 2.89 bits per heavy atom. The highest BCUT2D eigenvalue weighted by Gasteiger charge is 2.31. The molecule has 5 heteroatoms. The minimum atomic E-state index is -0.687. The fourth-order valence-corrected chi connectivity index (χ4v) is 2.86. The van der Waals surface area contributed by atoms with Gasteiger partial charge >= 0.3 is 5.97 Å². The zero-order chi connectivity index (χ0) is 13.0. The quantitative estimate of drug-likeness (QED) is 0.841. The van der Waals surface area contributed by atoms with Crippen molar-refractivity contribution in [1.29, 1.82) is 0 Å². The Kier molecular flexibility index (Phi) is 4.33. The summed E-state index contributed by atoms with van der Waals surface area (Å²) >= 11 is 0. The number of aryl methyl sites for hydroxylation is 1. The van der Waals surface area contributed by atoms with Crippen molar-refractivity contribution in [3.8, 4) is 0 Å². The van der Waals surface area contributed by atoms with E-state index in [1.54, 1.807) is 0 Å². The van der Waals surface area contributed by atoms with E-state index in [1.807, 2.05) is 4.68 Å². The van der Waals surface area contributed by atoms with Gasteiger partial charge in [-0.2, -0.15) is 5.10 Å². The van der Waals surface area contributed by atoms with Crippen molar-refractivity contribution in [2.45, 2.75) is 52.0 Å². The second kappa shape index (κ2) is 5.98. The summed E-state index contributed by atoms with van der Waals surface area (Å²) in [6.07, 6.45) is 7.43. The van der Waals surface area contributed by atoms with Gasteiger partial charge in [-0.25, -0.2) is 4.98 Å². The van der Waals surface area contributed by atoms with Crippen LogP contribution in [0.4, 0.5) is 0 Å². The van der Waals surface area contributed by atoms with Crippen molar-refractivity contribution >= 4 is 5.97 Å². The molecular weight excluding hydrogens is 230 g/mol. The predicted molar refractivity (Wildman–Crippen MR) is 67.1 cm³/mol. The van der Waals surface area contributed by atoms with Crippen LogP contribution in [0, 0.1) is 11.8 Å². The average Bonchev–Trinajstić information content (AvgIpc) is 2.97. The third-order valence-electron chi connectivity index (χ3n) is 3.82. The number of aromatic nitrogens is 3. The Balaban J connectivity index is 2.07. The Hall–Kier alpha value is -1.39. The highest BCUT2D eigenvalue weighted by atomic mass is 16.4. The van der Waals surface area contributed by atoms with Gasteiger partial charge in [0.1, 0.15) is 12.2 Å². The first-order valence-corrected chi connectivity index (χ1v) is 6.81. The standard InChI is InChI=1S/C13H21N3O2/c1-2-7-16-12(14-9-15-16)8-11(13(17)18)10-5-3-4-6-10/h9-11H,2-8H2,1H3,(H,17,18). The van der Waals surface area contributed by atoms with E-state index in [4.69, 9.17) is 0 Å². The molecule has 1 aromatic rings. The molecule has 0 saturated heterocycles. The van der Waals surface area contributed by atoms with Crippen LogP contribution in [-0.4, -0.2) is 25.8 Å². The number of hydrogen-bond donors (Lipinski definition) is 1. The van der Waals surface area contributed by atoms with E-state index in [1.165, 1.54) is 6.33 Å². The summed E-state index contributed by atoms with van der Waals surface area (Å²) in [6, 6.07) is 0. The minimum absolute atomic E-state index is 0.299. The predicted octanol–water partition coefficient (Wildman–Crippen LogP) is 2.12. The van der Waals surface area contributed by atoms with Crippen molar-refractivity contribution in [1.82, 2.24) is 14.8 Å². The molecule has 1 aromatic heterocycles. The molecule has 0 amide bonds.